The molecule has 0 fully saturated rings. The Hall–Kier alpha value is -4.37. The highest BCUT2D eigenvalue weighted by atomic mass is 35.5. The number of hydrogen-bond donors (Lipinski definition) is 0. The number of ether oxygens (including phenoxy) is 2. The fraction of sp³-hybridized carbons (Fsp3) is 0.120. The molecule has 4 rings (SSSR count). The summed E-state index contributed by atoms with van der Waals surface area (Å²) in [5, 5.41) is 11.6. The van der Waals surface area contributed by atoms with Gasteiger partial charge in [-0.25, -0.2) is 0 Å². The van der Waals surface area contributed by atoms with Crippen LogP contribution in [0.25, 0.3) is 0 Å². The van der Waals surface area contributed by atoms with Gasteiger partial charge in [0.1, 0.15) is 5.76 Å². The molecule has 0 atom stereocenters. The molecule has 10 heteroatoms. The van der Waals surface area contributed by atoms with E-state index in [-0.39, 0.29) is 40.4 Å². The Labute approximate surface area is 205 Å². The number of methoxy groups -OCH3 is 1. The van der Waals surface area contributed by atoms with Crippen molar-refractivity contribution in [2.24, 2.45) is 0 Å². The van der Waals surface area contributed by atoms with Crippen LogP contribution in [0.3, 0.4) is 0 Å². The molecule has 0 radical (unpaired) electrons. The molecule has 0 aliphatic heterocycles. The number of hydrogen-bond acceptors (Lipinski definition) is 7. The molecule has 35 heavy (non-hydrogen) atoms. The Kier molecular flexibility index (Phi) is 7.27. The molecule has 0 aliphatic rings. The fourth-order valence-electron chi connectivity index (χ4n) is 3.41. The van der Waals surface area contributed by atoms with E-state index in [0.29, 0.717) is 17.9 Å². The Balaban J connectivity index is 1.62. The second-order valence-corrected chi connectivity index (χ2v) is 7.88. The number of nitrogens with zero attached hydrogens (tertiary/aromatic N) is 3. The van der Waals surface area contributed by atoms with Crippen molar-refractivity contribution in [2.75, 3.05) is 7.11 Å². The minimum absolute atomic E-state index is 0.00667. The molecule has 4 aromatic rings. The van der Waals surface area contributed by atoms with E-state index in [1.165, 1.54) is 37.4 Å². The van der Waals surface area contributed by atoms with Crippen LogP contribution >= 0.6 is 11.6 Å². The summed E-state index contributed by atoms with van der Waals surface area (Å²) in [5.41, 5.74) is 0.908. The van der Waals surface area contributed by atoms with E-state index in [2.05, 4.69) is 4.98 Å². The molecular weight excluding hydrogens is 474 g/mol. The Morgan fingerprint density at radius 1 is 1.09 bits per heavy atom. The first-order valence-electron chi connectivity index (χ1n) is 10.4. The van der Waals surface area contributed by atoms with Crippen molar-refractivity contribution in [1.29, 1.82) is 0 Å². The second kappa shape index (κ2) is 10.7. The second-order valence-electron chi connectivity index (χ2n) is 7.44. The molecule has 0 saturated heterocycles. The average Bonchev–Trinajstić information content (AvgIpc) is 3.38. The van der Waals surface area contributed by atoms with Crippen molar-refractivity contribution >= 4 is 23.2 Å². The first-order valence-corrected chi connectivity index (χ1v) is 10.8. The van der Waals surface area contributed by atoms with Gasteiger partial charge in [0.05, 0.1) is 24.8 Å². The zero-order valence-corrected chi connectivity index (χ0v) is 19.3. The largest absolute Gasteiger partial charge is 0.493 e. The van der Waals surface area contributed by atoms with E-state index in [0.717, 1.165) is 5.56 Å². The van der Waals surface area contributed by atoms with Crippen LogP contribution in [0.4, 0.5) is 5.69 Å². The van der Waals surface area contributed by atoms with Crippen molar-refractivity contribution in [1.82, 2.24) is 9.88 Å². The van der Waals surface area contributed by atoms with E-state index >= 15 is 0 Å². The molecule has 2 heterocycles. The summed E-state index contributed by atoms with van der Waals surface area (Å²) in [4.78, 5) is 30.0. The van der Waals surface area contributed by atoms with Crippen LogP contribution < -0.4 is 9.47 Å². The number of rotatable bonds is 9. The molecule has 0 unspecified atom stereocenters. The van der Waals surface area contributed by atoms with Gasteiger partial charge in [-0.05, 0) is 54.1 Å². The number of nitro benzene ring substituents is 1. The van der Waals surface area contributed by atoms with Gasteiger partial charge in [0, 0.05) is 35.6 Å². The Bertz CT molecular complexity index is 1330. The predicted octanol–water partition coefficient (Wildman–Crippen LogP) is 5.88. The van der Waals surface area contributed by atoms with E-state index in [9.17, 15) is 14.9 Å². The Morgan fingerprint density at radius 2 is 1.91 bits per heavy atom. The molecular formula is C25H20ClN3O6. The molecule has 1 amide bonds. The number of aromatic nitrogens is 1. The lowest BCUT2D eigenvalue weighted by atomic mass is 10.1. The van der Waals surface area contributed by atoms with E-state index < -0.39 is 4.92 Å². The van der Waals surface area contributed by atoms with Gasteiger partial charge in [-0.1, -0.05) is 17.7 Å². The lowest BCUT2D eigenvalue weighted by Crippen LogP contribution is -2.30. The standard InChI is InChI=1S/C25H20ClN3O6/c1-33-24-12-18(6-8-23(24)35-22-9-7-19(26)13-21(22)29(31)32)25(30)28(16-20-5-3-11-34-20)15-17-4-2-10-27-14-17/h2-14H,15-16H2,1H3. The van der Waals surface area contributed by atoms with Crippen molar-refractivity contribution in [3.8, 4) is 17.2 Å². The number of nitro groups is 1. The molecule has 0 N–H and O–H groups in total. The first kappa shape index (κ1) is 23.8. The summed E-state index contributed by atoms with van der Waals surface area (Å²) in [6.07, 6.45) is 4.91. The van der Waals surface area contributed by atoms with Gasteiger partial charge >= 0.3 is 5.69 Å². The van der Waals surface area contributed by atoms with Crippen LogP contribution in [0.15, 0.2) is 83.7 Å². The summed E-state index contributed by atoms with van der Waals surface area (Å²) < 4.78 is 16.6. The third-order valence-corrected chi connectivity index (χ3v) is 5.29. The van der Waals surface area contributed by atoms with Gasteiger partial charge in [0.25, 0.3) is 5.91 Å². The number of halogens is 1. The maximum absolute atomic E-state index is 13.5. The normalized spacial score (nSPS) is 10.6. The summed E-state index contributed by atoms with van der Waals surface area (Å²) in [6.45, 7) is 0.559. The number of amides is 1. The van der Waals surface area contributed by atoms with E-state index in [1.54, 1.807) is 47.8 Å². The third kappa shape index (κ3) is 5.77. The highest BCUT2D eigenvalue weighted by Gasteiger charge is 2.22. The van der Waals surface area contributed by atoms with Gasteiger partial charge in [-0.15, -0.1) is 0 Å². The van der Waals surface area contributed by atoms with Crippen molar-refractivity contribution in [2.45, 2.75) is 13.1 Å². The van der Waals surface area contributed by atoms with Gasteiger partial charge in [0.15, 0.2) is 11.5 Å². The minimum Gasteiger partial charge on any atom is -0.493 e. The summed E-state index contributed by atoms with van der Waals surface area (Å²) in [7, 11) is 1.42. The fourth-order valence-corrected chi connectivity index (χ4v) is 3.57. The van der Waals surface area contributed by atoms with Gasteiger partial charge < -0.3 is 18.8 Å². The zero-order chi connectivity index (χ0) is 24.8. The monoisotopic (exact) mass is 493 g/mol. The van der Waals surface area contributed by atoms with Crippen molar-refractivity contribution < 1.29 is 23.6 Å². The number of carbonyl (C=O) groups excluding carboxylic acids is 1. The molecule has 0 spiro atoms. The molecule has 0 saturated carbocycles. The first-order chi connectivity index (χ1) is 16.9. The molecule has 178 valence electrons. The molecule has 2 aromatic heterocycles. The van der Waals surface area contributed by atoms with Crippen LogP contribution in [0, 0.1) is 10.1 Å². The quantitative estimate of drug-likeness (QED) is 0.211. The molecule has 2 aromatic carbocycles. The third-order valence-electron chi connectivity index (χ3n) is 5.06. The molecule has 9 nitrogen and oxygen atoms in total. The zero-order valence-electron chi connectivity index (χ0n) is 18.6. The van der Waals surface area contributed by atoms with Crippen LogP contribution in [0.1, 0.15) is 21.7 Å². The van der Waals surface area contributed by atoms with Gasteiger partial charge in [-0.3, -0.25) is 19.9 Å². The summed E-state index contributed by atoms with van der Waals surface area (Å²) >= 11 is 5.88. The van der Waals surface area contributed by atoms with Crippen LogP contribution in [0.5, 0.6) is 17.2 Å². The van der Waals surface area contributed by atoms with E-state index in [1.807, 2.05) is 6.07 Å². The smallest absolute Gasteiger partial charge is 0.313 e. The number of benzene rings is 2. The molecule has 0 aliphatic carbocycles. The maximum Gasteiger partial charge on any atom is 0.313 e. The Morgan fingerprint density at radius 3 is 2.60 bits per heavy atom. The van der Waals surface area contributed by atoms with E-state index in [4.69, 9.17) is 25.5 Å². The van der Waals surface area contributed by atoms with Crippen LogP contribution in [0.2, 0.25) is 5.02 Å². The number of pyridine rings is 1. The van der Waals surface area contributed by atoms with Crippen LogP contribution in [-0.2, 0) is 13.1 Å². The van der Waals surface area contributed by atoms with Crippen molar-refractivity contribution in [3.63, 3.8) is 0 Å². The maximum atomic E-state index is 13.5. The van der Waals surface area contributed by atoms with Crippen LogP contribution in [-0.4, -0.2) is 27.8 Å². The highest BCUT2D eigenvalue weighted by molar-refractivity contribution is 6.30. The summed E-state index contributed by atoms with van der Waals surface area (Å²) in [6, 6.07) is 15.9. The molecule has 0 bridgehead atoms. The predicted molar refractivity (Wildman–Crippen MR) is 128 cm³/mol. The lowest BCUT2D eigenvalue weighted by Gasteiger charge is -2.22. The number of carbonyl (C=O) groups is 1. The SMILES string of the molecule is COc1cc(C(=O)N(Cc2cccnc2)Cc2ccco2)ccc1Oc1ccc(Cl)cc1[N+](=O)[O-]. The summed E-state index contributed by atoms with van der Waals surface area (Å²) in [5.74, 6) is 0.795. The number of furan rings is 1. The van der Waals surface area contributed by atoms with Crippen molar-refractivity contribution in [3.05, 3.63) is 111 Å². The highest BCUT2D eigenvalue weighted by Crippen LogP contribution is 2.38. The minimum atomic E-state index is -0.587. The topological polar surface area (TPSA) is 108 Å². The van der Waals surface area contributed by atoms with Gasteiger partial charge in [0.2, 0.25) is 5.75 Å². The van der Waals surface area contributed by atoms with Gasteiger partial charge in [-0.2, -0.15) is 0 Å². The average molecular weight is 494 g/mol. The lowest BCUT2D eigenvalue weighted by molar-refractivity contribution is -0.385.